The van der Waals surface area contributed by atoms with E-state index in [2.05, 4.69) is 161 Å². The highest BCUT2D eigenvalue weighted by atomic mass is 14.5. The minimum atomic E-state index is 0.0521. The first-order valence-electron chi connectivity index (χ1n) is 26.0. The Morgan fingerprint density at radius 2 is 0.578 bits per heavy atom. The number of hydrogen-bond acceptors (Lipinski definition) is 0. The van der Waals surface area contributed by atoms with Crippen molar-refractivity contribution in [2.45, 2.75) is 167 Å². The molecule has 0 saturated heterocycles. The standard InChI is InChI=1S/C64H74/c1-5-9-13-25-41-63(42-26-14-10-6-2)57-35-23-21-29-49(57)51-39-37-47(45-59(51)63)61-53-31-17-19-33-55(53)62(56-34-20-18-32-54(56)61)48-38-40-52-50-30-22-24-36-58(50)64(60(52)46-48,43-27-15-11-7-3)44-28-16-12-8-4/h17-24,29-40,45-46H,5-16,25-28,41-44H2,1-4H3. The number of rotatable bonds is 22. The first-order valence-corrected chi connectivity index (χ1v) is 26.0. The fourth-order valence-electron chi connectivity index (χ4n) is 12.7. The van der Waals surface area contributed by atoms with Crippen molar-refractivity contribution in [2.75, 3.05) is 0 Å². The summed E-state index contributed by atoms with van der Waals surface area (Å²) in [6.45, 7) is 9.37. The first-order chi connectivity index (χ1) is 31.6. The van der Waals surface area contributed by atoms with Crippen molar-refractivity contribution in [3.8, 4) is 44.5 Å². The van der Waals surface area contributed by atoms with Crippen molar-refractivity contribution in [1.29, 1.82) is 0 Å². The van der Waals surface area contributed by atoms with E-state index in [9.17, 15) is 0 Å². The molecule has 0 radical (unpaired) electrons. The van der Waals surface area contributed by atoms with Crippen molar-refractivity contribution in [2.24, 2.45) is 0 Å². The van der Waals surface area contributed by atoms with Crippen LogP contribution in [0.1, 0.15) is 178 Å². The second-order valence-electron chi connectivity index (χ2n) is 19.9. The van der Waals surface area contributed by atoms with Crippen LogP contribution in [0.5, 0.6) is 0 Å². The predicted molar refractivity (Wildman–Crippen MR) is 280 cm³/mol. The van der Waals surface area contributed by atoms with Gasteiger partial charge in [0.15, 0.2) is 0 Å². The van der Waals surface area contributed by atoms with Gasteiger partial charge in [-0.3, -0.25) is 0 Å². The van der Waals surface area contributed by atoms with Gasteiger partial charge < -0.3 is 0 Å². The molecule has 9 rings (SSSR count). The Morgan fingerprint density at radius 1 is 0.281 bits per heavy atom. The number of hydrogen-bond donors (Lipinski definition) is 0. The molecule has 0 bridgehead atoms. The van der Waals surface area contributed by atoms with Gasteiger partial charge in [-0.1, -0.05) is 252 Å². The van der Waals surface area contributed by atoms with Crippen molar-refractivity contribution in [3.05, 3.63) is 156 Å². The van der Waals surface area contributed by atoms with E-state index < -0.39 is 0 Å². The van der Waals surface area contributed by atoms with Gasteiger partial charge in [-0.25, -0.2) is 0 Å². The van der Waals surface area contributed by atoms with Crippen LogP contribution in [0.3, 0.4) is 0 Å². The highest BCUT2D eigenvalue weighted by Crippen LogP contribution is 2.58. The molecular formula is C64H74. The lowest BCUT2D eigenvalue weighted by atomic mass is 9.70. The monoisotopic (exact) mass is 843 g/mol. The second kappa shape index (κ2) is 20.1. The number of fused-ring (bicyclic) bond motifs is 8. The normalized spacial score (nSPS) is 14.2. The highest BCUT2D eigenvalue weighted by molar-refractivity contribution is 6.21. The van der Waals surface area contributed by atoms with Crippen LogP contribution < -0.4 is 0 Å². The Hall–Kier alpha value is -4.94. The summed E-state index contributed by atoms with van der Waals surface area (Å²) >= 11 is 0. The summed E-state index contributed by atoms with van der Waals surface area (Å²) < 4.78 is 0. The van der Waals surface area contributed by atoms with Crippen molar-refractivity contribution in [3.63, 3.8) is 0 Å². The van der Waals surface area contributed by atoms with E-state index in [4.69, 9.17) is 0 Å². The molecule has 0 atom stereocenters. The molecule has 0 fully saturated rings. The summed E-state index contributed by atoms with van der Waals surface area (Å²) in [5.74, 6) is 0. The average molecular weight is 843 g/mol. The zero-order chi connectivity index (χ0) is 43.9. The van der Waals surface area contributed by atoms with Crippen LogP contribution in [-0.2, 0) is 10.8 Å². The second-order valence-corrected chi connectivity index (χ2v) is 19.9. The molecule has 64 heavy (non-hydrogen) atoms. The minimum absolute atomic E-state index is 0.0521. The van der Waals surface area contributed by atoms with Crippen molar-refractivity contribution >= 4 is 21.5 Å². The molecule has 0 aliphatic heterocycles. The summed E-state index contributed by atoms with van der Waals surface area (Å²) in [4.78, 5) is 0. The molecule has 2 aliphatic rings. The van der Waals surface area contributed by atoms with Gasteiger partial charge in [0.2, 0.25) is 0 Å². The summed E-state index contributed by atoms with van der Waals surface area (Å²) in [6, 6.07) is 52.9. The maximum absolute atomic E-state index is 2.67. The van der Waals surface area contributed by atoms with Gasteiger partial charge in [-0.2, -0.15) is 0 Å². The Labute approximate surface area is 386 Å². The fraction of sp³-hybridized carbons (Fsp3) is 0.406. The van der Waals surface area contributed by atoms with Crippen molar-refractivity contribution < 1.29 is 0 Å². The summed E-state index contributed by atoms with van der Waals surface area (Å²) in [6.07, 6.45) is 25.7. The molecule has 0 unspecified atom stereocenters. The highest BCUT2D eigenvalue weighted by Gasteiger charge is 2.44. The molecule has 0 heterocycles. The van der Waals surface area contributed by atoms with Crippen LogP contribution in [0.4, 0.5) is 0 Å². The van der Waals surface area contributed by atoms with Gasteiger partial charge in [0.25, 0.3) is 0 Å². The fourth-order valence-corrected chi connectivity index (χ4v) is 12.7. The third-order valence-electron chi connectivity index (χ3n) is 15.9. The van der Waals surface area contributed by atoms with E-state index >= 15 is 0 Å². The van der Waals surface area contributed by atoms with E-state index in [0.717, 1.165) is 0 Å². The Bertz CT molecular complexity index is 2420. The molecule has 2 aliphatic carbocycles. The maximum Gasteiger partial charge on any atom is 0.0215 e. The summed E-state index contributed by atoms with van der Waals surface area (Å²) in [5.41, 5.74) is 17.7. The van der Waals surface area contributed by atoms with Crippen LogP contribution in [0.25, 0.3) is 66.1 Å². The lowest BCUT2D eigenvalue weighted by Gasteiger charge is -2.33. The van der Waals surface area contributed by atoms with E-state index in [0.29, 0.717) is 0 Å². The Kier molecular flexibility index (Phi) is 13.9. The quantitative estimate of drug-likeness (QED) is 0.0471. The van der Waals surface area contributed by atoms with Crippen LogP contribution in [0.15, 0.2) is 133 Å². The average Bonchev–Trinajstić information content (AvgIpc) is 3.77. The van der Waals surface area contributed by atoms with Gasteiger partial charge in [-0.15, -0.1) is 0 Å². The van der Waals surface area contributed by atoms with Gasteiger partial charge in [-0.05, 0) is 126 Å². The zero-order valence-corrected chi connectivity index (χ0v) is 39.8. The SMILES string of the molecule is CCCCCCC1(CCCCCC)c2ccccc2-c2ccc(-c3c4ccccc4c(-c4ccc5c(c4)C(CCCCCC)(CCCCCC)c4ccccc4-5)c4ccccc34)cc21. The first kappa shape index (κ1) is 44.3. The molecule has 0 aromatic heterocycles. The Balaban J connectivity index is 1.21. The molecule has 0 amide bonds. The molecule has 0 heteroatoms. The molecule has 7 aromatic rings. The van der Waals surface area contributed by atoms with E-state index in [1.807, 2.05) is 0 Å². The summed E-state index contributed by atoms with van der Waals surface area (Å²) in [7, 11) is 0. The van der Waals surface area contributed by atoms with Crippen LogP contribution in [0, 0.1) is 0 Å². The molecule has 7 aromatic carbocycles. The largest absolute Gasteiger partial charge is 0.0654 e. The lowest BCUT2D eigenvalue weighted by molar-refractivity contribution is 0.401. The van der Waals surface area contributed by atoms with E-state index in [1.165, 1.54) is 194 Å². The lowest BCUT2D eigenvalue weighted by Crippen LogP contribution is -2.25. The molecule has 330 valence electrons. The molecule has 0 nitrogen and oxygen atoms in total. The smallest absolute Gasteiger partial charge is 0.0215 e. The van der Waals surface area contributed by atoms with Crippen molar-refractivity contribution in [1.82, 2.24) is 0 Å². The van der Waals surface area contributed by atoms with E-state index in [-0.39, 0.29) is 10.8 Å². The van der Waals surface area contributed by atoms with Gasteiger partial charge in [0.05, 0.1) is 0 Å². The molecular weight excluding hydrogens is 769 g/mol. The molecule has 0 N–H and O–H groups in total. The third-order valence-corrected chi connectivity index (χ3v) is 15.9. The van der Waals surface area contributed by atoms with E-state index in [1.54, 1.807) is 22.3 Å². The molecule has 0 spiro atoms. The van der Waals surface area contributed by atoms with Gasteiger partial charge in [0.1, 0.15) is 0 Å². The van der Waals surface area contributed by atoms with Crippen LogP contribution in [-0.4, -0.2) is 0 Å². The summed E-state index contributed by atoms with van der Waals surface area (Å²) in [5, 5.41) is 5.43. The third kappa shape index (κ3) is 8.07. The molecule has 0 saturated carbocycles. The topological polar surface area (TPSA) is 0 Å². The number of unbranched alkanes of at least 4 members (excludes halogenated alkanes) is 12. The zero-order valence-electron chi connectivity index (χ0n) is 39.8. The van der Waals surface area contributed by atoms with Crippen LogP contribution >= 0.6 is 0 Å². The van der Waals surface area contributed by atoms with Crippen LogP contribution in [0.2, 0.25) is 0 Å². The predicted octanol–water partition coefficient (Wildman–Crippen LogP) is 19.7. The maximum atomic E-state index is 2.67. The van der Waals surface area contributed by atoms with Gasteiger partial charge >= 0.3 is 0 Å². The number of benzene rings is 7. The Morgan fingerprint density at radius 3 is 0.906 bits per heavy atom. The van der Waals surface area contributed by atoms with Gasteiger partial charge in [0, 0.05) is 10.8 Å². The minimum Gasteiger partial charge on any atom is -0.0654 e.